The normalized spacial score (nSPS) is 16.7. The van der Waals surface area contributed by atoms with Crippen LogP contribution in [-0.2, 0) is 25.5 Å². The summed E-state index contributed by atoms with van der Waals surface area (Å²) in [6, 6.07) is 6.85. The number of hydrogen-bond donors (Lipinski definition) is 0. The minimum atomic E-state index is -1.57. The van der Waals surface area contributed by atoms with Crippen LogP contribution in [0.2, 0.25) is 0 Å². The number of ether oxygens (including phenoxy) is 2. The number of allylic oxidation sites excluding steroid dienone is 1. The van der Waals surface area contributed by atoms with E-state index in [2.05, 4.69) is 6.58 Å². The van der Waals surface area contributed by atoms with E-state index < -0.39 is 17.4 Å². The molecule has 5 heteroatoms. The van der Waals surface area contributed by atoms with E-state index in [1.807, 2.05) is 0 Å². The number of esters is 2. The number of benzene rings is 1. The summed E-state index contributed by atoms with van der Waals surface area (Å²) in [5, 5.41) is 0. The van der Waals surface area contributed by atoms with Crippen molar-refractivity contribution in [2.45, 2.75) is 12.8 Å². The molecule has 110 valence electrons. The Labute approximate surface area is 122 Å². The smallest absolute Gasteiger partial charge is 0.323 e. The Morgan fingerprint density at radius 1 is 1.10 bits per heavy atom. The first-order valence-corrected chi connectivity index (χ1v) is 6.43. The van der Waals surface area contributed by atoms with Crippen LogP contribution in [0.5, 0.6) is 0 Å². The van der Waals surface area contributed by atoms with Crippen LogP contribution in [0.15, 0.2) is 36.4 Å². The van der Waals surface area contributed by atoms with Crippen molar-refractivity contribution >= 4 is 17.7 Å². The third-order valence-corrected chi connectivity index (χ3v) is 3.74. The fraction of sp³-hybridized carbons (Fsp3) is 0.312. The molecule has 0 spiro atoms. The standard InChI is InChI=1S/C16H16O5/c1-10-8-16(14(18)20-2,15(19)21-3)9-11-6-4-5-7-12(11)13(10)17/h4-7H,1,8-9H2,2-3H3. The molecule has 5 nitrogen and oxygen atoms in total. The monoisotopic (exact) mass is 288 g/mol. The Kier molecular flexibility index (Phi) is 3.93. The number of fused-ring (bicyclic) bond motifs is 1. The molecule has 0 radical (unpaired) electrons. The number of methoxy groups -OCH3 is 2. The zero-order valence-electron chi connectivity index (χ0n) is 12.0. The summed E-state index contributed by atoms with van der Waals surface area (Å²) in [7, 11) is 2.41. The van der Waals surface area contributed by atoms with Crippen LogP contribution >= 0.6 is 0 Å². The van der Waals surface area contributed by atoms with Gasteiger partial charge in [-0.3, -0.25) is 14.4 Å². The highest BCUT2D eigenvalue weighted by Gasteiger charge is 2.51. The van der Waals surface area contributed by atoms with Crippen molar-refractivity contribution in [1.29, 1.82) is 0 Å². The number of ketones is 1. The lowest BCUT2D eigenvalue weighted by molar-refractivity contribution is -0.169. The third kappa shape index (κ3) is 2.35. The molecule has 0 N–H and O–H groups in total. The van der Waals surface area contributed by atoms with Crippen LogP contribution in [0.25, 0.3) is 0 Å². The lowest BCUT2D eigenvalue weighted by Crippen LogP contribution is -2.43. The van der Waals surface area contributed by atoms with E-state index >= 15 is 0 Å². The molecule has 1 aromatic carbocycles. The molecule has 0 aliphatic heterocycles. The molecular formula is C16H16O5. The Balaban J connectivity index is 2.64. The summed E-state index contributed by atoms with van der Waals surface area (Å²) in [6.45, 7) is 3.72. The second-order valence-electron chi connectivity index (χ2n) is 5.01. The van der Waals surface area contributed by atoms with Crippen LogP contribution in [0, 0.1) is 5.41 Å². The van der Waals surface area contributed by atoms with E-state index in [0.29, 0.717) is 11.1 Å². The Hall–Kier alpha value is -2.43. The molecule has 0 saturated heterocycles. The molecule has 1 aliphatic carbocycles. The summed E-state index contributed by atoms with van der Waals surface area (Å²) in [4.78, 5) is 36.8. The van der Waals surface area contributed by atoms with Gasteiger partial charge in [-0.15, -0.1) is 0 Å². The number of Topliss-reactive ketones (excluding diaryl/α,β-unsaturated/α-hetero) is 1. The second-order valence-corrected chi connectivity index (χ2v) is 5.01. The average Bonchev–Trinajstić information content (AvgIpc) is 2.62. The van der Waals surface area contributed by atoms with Crippen molar-refractivity contribution in [3.63, 3.8) is 0 Å². The van der Waals surface area contributed by atoms with Gasteiger partial charge in [-0.25, -0.2) is 0 Å². The first kappa shape index (κ1) is 15.0. The van der Waals surface area contributed by atoms with E-state index in [4.69, 9.17) is 9.47 Å². The van der Waals surface area contributed by atoms with Gasteiger partial charge in [0.25, 0.3) is 0 Å². The molecule has 0 amide bonds. The second kappa shape index (κ2) is 5.52. The van der Waals surface area contributed by atoms with Crippen molar-refractivity contribution in [1.82, 2.24) is 0 Å². The van der Waals surface area contributed by atoms with Crippen LogP contribution in [0.4, 0.5) is 0 Å². The summed E-state index contributed by atoms with van der Waals surface area (Å²) in [5.74, 6) is -1.71. The van der Waals surface area contributed by atoms with Crippen molar-refractivity contribution in [2.24, 2.45) is 5.41 Å². The molecule has 21 heavy (non-hydrogen) atoms. The van der Waals surface area contributed by atoms with Gasteiger partial charge < -0.3 is 9.47 Å². The molecule has 1 aromatic rings. The summed E-state index contributed by atoms with van der Waals surface area (Å²) in [6.07, 6.45) is -0.0624. The van der Waals surface area contributed by atoms with E-state index in [0.717, 1.165) is 0 Å². The van der Waals surface area contributed by atoms with Crippen LogP contribution in [0.1, 0.15) is 22.3 Å². The minimum Gasteiger partial charge on any atom is -0.468 e. The lowest BCUT2D eigenvalue weighted by Gasteiger charge is -2.26. The highest BCUT2D eigenvalue weighted by atomic mass is 16.5. The predicted octanol–water partition coefficient (Wildman–Crippen LogP) is 1.70. The molecule has 0 heterocycles. The maximum atomic E-state index is 12.3. The van der Waals surface area contributed by atoms with E-state index in [1.165, 1.54) is 14.2 Å². The number of rotatable bonds is 2. The highest BCUT2D eigenvalue weighted by molar-refractivity contribution is 6.12. The Morgan fingerprint density at radius 3 is 2.24 bits per heavy atom. The molecule has 2 rings (SSSR count). The molecular weight excluding hydrogens is 272 g/mol. The summed E-state index contributed by atoms with van der Waals surface area (Å²) < 4.78 is 9.56. The van der Waals surface area contributed by atoms with Gasteiger partial charge in [0.15, 0.2) is 11.2 Å². The quantitative estimate of drug-likeness (QED) is 0.358. The van der Waals surface area contributed by atoms with Gasteiger partial charge in [0.05, 0.1) is 14.2 Å². The van der Waals surface area contributed by atoms with Crippen molar-refractivity contribution < 1.29 is 23.9 Å². The van der Waals surface area contributed by atoms with Gasteiger partial charge in [-0.05, 0) is 11.1 Å². The SMILES string of the molecule is C=C1CC(C(=O)OC)(C(=O)OC)Cc2ccccc2C1=O. The first-order chi connectivity index (χ1) is 9.96. The van der Waals surface area contributed by atoms with Crippen molar-refractivity contribution in [3.05, 3.63) is 47.5 Å². The van der Waals surface area contributed by atoms with Crippen molar-refractivity contribution in [2.75, 3.05) is 14.2 Å². The summed E-state index contributed by atoms with van der Waals surface area (Å²) in [5.41, 5.74) is -0.312. The summed E-state index contributed by atoms with van der Waals surface area (Å²) >= 11 is 0. The molecule has 0 bridgehead atoms. The largest absolute Gasteiger partial charge is 0.468 e. The fourth-order valence-electron chi connectivity index (χ4n) is 2.68. The van der Waals surface area contributed by atoms with Crippen LogP contribution < -0.4 is 0 Å². The van der Waals surface area contributed by atoms with Gasteiger partial charge in [-0.2, -0.15) is 0 Å². The van der Waals surface area contributed by atoms with E-state index in [1.54, 1.807) is 24.3 Å². The van der Waals surface area contributed by atoms with Gasteiger partial charge in [0.2, 0.25) is 0 Å². The highest BCUT2D eigenvalue weighted by Crippen LogP contribution is 2.38. The van der Waals surface area contributed by atoms with Gasteiger partial charge in [-0.1, -0.05) is 30.8 Å². The average molecular weight is 288 g/mol. The number of carbonyl (C=O) groups excluding carboxylic acids is 3. The topological polar surface area (TPSA) is 69.7 Å². The van der Waals surface area contributed by atoms with Crippen LogP contribution in [0.3, 0.4) is 0 Å². The van der Waals surface area contributed by atoms with Gasteiger partial charge in [0.1, 0.15) is 0 Å². The number of carbonyl (C=O) groups is 3. The molecule has 0 atom stereocenters. The minimum absolute atomic E-state index is 0.0489. The predicted molar refractivity (Wildman–Crippen MR) is 74.7 cm³/mol. The van der Waals surface area contributed by atoms with Crippen molar-refractivity contribution in [3.8, 4) is 0 Å². The lowest BCUT2D eigenvalue weighted by atomic mass is 9.78. The molecule has 1 aliphatic rings. The maximum absolute atomic E-state index is 12.3. The van der Waals surface area contributed by atoms with Gasteiger partial charge in [0, 0.05) is 18.4 Å². The van der Waals surface area contributed by atoms with E-state index in [-0.39, 0.29) is 24.2 Å². The Morgan fingerprint density at radius 2 is 1.67 bits per heavy atom. The molecule has 0 saturated carbocycles. The number of hydrogen-bond acceptors (Lipinski definition) is 5. The van der Waals surface area contributed by atoms with Gasteiger partial charge >= 0.3 is 11.9 Å². The fourth-order valence-corrected chi connectivity index (χ4v) is 2.68. The van der Waals surface area contributed by atoms with E-state index in [9.17, 15) is 14.4 Å². The zero-order chi connectivity index (χ0) is 15.6. The maximum Gasteiger partial charge on any atom is 0.323 e. The van der Waals surface area contributed by atoms with Crippen LogP contribution in [-0.4, -0.2) is 31.9 Å². The zero-order valence-corrected chi connectivity index (χ0v) is 12.0. The first-order valence-electron chi connectivity index (χ1n) is 6.43. The molecule has 0 unspecified atom stereocenters. The molecule has 0 fully saturated rings. The third-order valence-electron chi connectivity index (χ3n) is 3.74. The molecule has 0 aromatic heterocycles. The Bertz CT molecular complexity index is 613.